The molecule has 112 valence electrons. The van der Waals surface area contributed by atoms with Gasteiger partial charge in [0.25, 0.3) is 5.91 Å². The number of carbonyl (C=O) groups is 1. The summed E-state index contributed by atoms with van der Waals surface area (Å²) < 4.78 is 31.0. The highest BCUT2D eigenvalue weighted by atomic mass is 19.1. The van der Waals surface area contributed by atoms with Crippen LogP contribution in [0.3, 0.4) is 0 Å². The van der Waals surface area contributed by atoms with Crippen LogP contribution >= 0.6 is 0 Å². The van der Waals surface area contributed by atoms with Crippen molar-refractivity contribution in [2.75, 3.05) is 13.2 Å². The lowest BCUT2D eigenvalue weighted by Gasteiger charge is -2.06. The zero-order valence-electron chi connectivity index (χ0n) is 11.6. The van der Waals surface area contributed by atoms with Gasteiger partial charge < -0.3 is 10.1 Å². The molecule has 0 aliphatic heterocycles. The molecule has 0 radical (unpaired) electrons. The summed E-state index contributed by atoms with van der Waals surface area (Å²) in [5.41, 5.74) is 0.651. The Morgan fingerprint density at radius 1 is 1.09 bits per heavy atom. The Balaban J connectivity index is 1.74. The summed E-state index contributed by atoms with van der Waals surface area (Å²) in [7, 11) is 0. The molecule has 3 nitrogen and oxygen atoms in total. The minimum Gasteiger partial charge on any atom is -0.481 e. The first-order valence-corrected chi connectivity index (χ1v) is 6.53. The SMILES string of the molecule is O=C(COc1ccccc1F)NCC#Cc1ccc(F)cc1. The van der Waals surface area contributed by atoms with Crippen LogP contribution in [0.15, 0.2) is 48.5 Å². The van der Waals surface area contributed by atoms with Crippen LogP contribution < -0.4 is 10.1 Å². The number of amides is 1. The number of benzene rings is 2. The second kappa shape index (κ2) is 7.79. The van der Waals surface area contributed by atoms with Gasteiger partial charge in [-0.3, -0.25) is 4.79 Å². The van der Waals surface area contributed by atoms with E-state index in [1.54, 1.807) is 18.2 Å². The molecule has 0 saturated carbocycles. The summed E-state index contributed by atoms with van der Waals surface area (Å²) in [4.78, 5) is 11.5. The Kier molecular flexibility index (Phi) is 5.50. The van der Waals surface area contributed by atoms with Crippen molar-refractivity contribution in [1.29, 1.82) is 0 Å². The monoisotopic (exact) mass is 301 g/mol. The highest BCUT2D eigenvalue weighted by Crippen LogP contribution is 2.14. The van der Waals surface area contributed by atoms with Gasteiger partial charge in [0, 0.05) is 5.56 Å². The van der Waals surface area contributed by atoms with Crippen molar-refractivity contribution in [3.8, 4) is 17.6 Å². The van der Waals surface area contributed by atoms with Gasteiger partial charge >= 0.3 is 0 Å². The van der Waals surface area contributed by atoms with Crippen LogP contribution in [0.25, 0.3) is 0 Å². The Hall–Kier alpha value is -2.87. The first-order chi connectivity index (χ1) is 10.6. The molecule has 22 heavy (non-hydrogen) atoms. The maximum absolute atomic E-state index is 13.3. The fourth-order valence-corrected chi connectivity index (χ4v) is 1.58. The maximum atomic E-state index is 13.3. The van der Waals surface area contributed by atoms with E-state index in [4.69, 9.17) is 4.74 Å². The zero-order chi connectivity index (χ0) is 15.8. The van der Waals surface area contributed by atoms with E-state index < -0.39 is 11.7 Å². The van der Waals surface area contributed by atoms with Gasteiger partial charge in [-0.15, -0.1) is 0 Å². The van der Waals surface area contributed by atoms with Gasteiger partial charge in [0.05, 0.1) is 6.54 Å². The summed E-state index contributed by atoms with van der Waals surface area (Å²) in [5.74, 6) is 4.27. The van der Waals surface area contributed by atoms with E-state index in [2.05, 4.69) is 17.2 Å². The van der Waals surface area contributed by atoms with E-state index in [0.717, 1.165) is 0 Å². The summed E-state index contributed by atoms with van der Waals surface area (Å²) in [6, 6.07) is 11.6. The maximum Gasteiger partial charge on any atom is 0.258 e. The van der Waals surface area contributed by atoms with Crippen LogP contribution in [0, 0.1) is 23.5 Å². The molecular formula is C17H13F2NO2. The van der Waals surface area contributed by atoms with Crippen LogP contribution in [0.2, 0.25) is 0 Å². The molecule has 0 unspecified atom stereocenters. The highest BCUT2D eigenvalue weighted by Gasteiger charge is 2.04. The van der Waals surface area contributed by atoms with E-state index in [1.807, 2.05) is 0 Å². The predicted octanol–water partition coefficient (Wildman–Crippen LogP) is 2.51. The third-order valence-electron chi connectivity index (χ3n) is 2.65. The van der Waals surface area contributed by atoms with Gasteiger partial charge in [-0.25, -0.2) is 8.78 Å². The van der Waals surface area contributed by atoms with Crippen LogP contribution in [0.4, 0.5) is 8.78 Å². The fourth-order valence-electron chi connectivity index (χ4n) is 1.58. The average Bonchev–Trinajstić information content (AvgIpc) is 2.52. The topological polar surface area (TPSA) is 38.3 Å². The molecule has 1 amide bonds. The average molecular weight is 301 g/mol. The molecule has 2 aromatic carbocycles. The molecule has 2 aromatic rings. The van der Waals surface area contributed by atoms with Crippen molar-refractivity contribution in [3.63, 3.8) is 0 Å². The molecule has 0 saturated heterocycles. The largest absolute Gasteiger partial charge is 0.481 e. The van der Waals surface area contributed by atoms with E-state index in [9.17, 15) is 13.6 Å². The van der Waals surface area contributed by atoms with Gasteiger partial charge in [0.15, 0.2) is 18.2 Å². The normalized spacial score (nSPS) is 9.55. The fraction of sp³-hybridized carbons (Fsp3) is 0.118. The molecule has 0 bridgehead atoms. The van der Waals surface area contributed by atoms with E-state index in [-0.39, 0.29) is 24.7 Å². The number of carbonyl (C=O) groups excluding carboxylic acids is 1. The molecule has 2 rings (SSSR count). The third-order valence-corrected chi connectivity index (χ3v) is 2.65. The number of ether oxygens (including phenoxy) is 1. The second-order valence-electron chi connectivity index (χ2n) is 4.30. The molecule has 0 heterocycles. The van der Waals surface area contributed by atoms with Gasteiger partial charge in [0.2, 0.25) is 0 Å². The summed E-state index contributed by atoms with van der Waals surface area (Å²) in [6.45, 7) is -0.171. The van der Waals surface area contributed by atoms with E-state index >= 15 is 0 Å². The van der Waals surface area contributed by atoms with Crippen LogP contribution in [-0.2, 0) is 4.79 Å². The highest BCUT2D eigenvalue weighted by molar-refractivity contribution is 5.77. The number of hydrogen-bond donors (Lipinski definition) is 1. The van der Waals surface area contributed by atoms with Gasteiger partial charge in [-0.2, -0.15) is 0 Å². The van der Waals surface area contributed by atoms with Crippen molar-refractivity contribution in [1.82, 2.24) is 5.32 Å². The van der Waals surface area contributed by atoms with E-state index in [0.29, 0.717) is 5.56 Å². The number of nitrogens with one attached hydrogen (secondary N) is 1. The van der Waals surface area contributed by atoms with Gasteiger partial charge in [-0.05, 0) is 36.4 Å². The van der Waals surface area contributed by atoms with Crippen molar-refractivity contribution in [2.45, 2.75) is 0 Å². The second-order valence-corrected chi connectivity index (χ2v) is 4.30. The van der Waals surface area contributed by atoms with Crippen molar-refractivity contribution < 1.29 is 18.3 Å². The Labute approximate surface area is 126 Å². The third kappa shape index (κ3) is 4.91. The quantitative estimate of drug-likeness (QED) is 0.881. The van der Waals surface area contributed by atoms with Crippen LogP contribution in [0.5, 0.6) is 5.75 Å². The molecule has 1 N–H and O–H groups in total. The van der Waals surface area contributed by atoms with Crippen molar-refractivity contribution in [2.24, 2.45) is 0 Å². The molecule has 0 aliphatic rings. The summed E-state index contributed by atoms with van der Waals surface area (Å²) >= 11 is 0. The first kappa shape index (κ1) is 15.5. The number of rotatable bonds is 4. The smallest absolute Gasteiger partial charge is 0.258 e. The minimum absolute atomic E-state index is 0.0232. The number of hydrogen-bond acceptors (Lipinski definition) is 2. The van der Waals surface area contributed by atoms with Crippen molar-refractivity contribution >= 4 is 5.91 Å². The molecule has 0 atom stereocenters. The molecular weight excluding hydrogens is 288 g/mol. The Bertz CT molecular complexity index is 703. The van der Waals surface area contributed by atoms with Crippen molar-refractivity contribution in [3.05, 3.63) is 65.7 Å². The molecule has 0 aromatic heterocycles. The molecule has 0 aliphatic carbocycles. The Morgan fingerprint density at radius 2 is 1.82 bits per heavy atom. The van der Waals surface area contributed by atoms with E-state index in [1.165, 1.54) is 30.3 Å². The lowest BCUT2D eigenvalue weighted by atomic mass is 10.2. The molecule has 0 fully saturated rings. The Morgan fingerprint density at radius 3 is 2.55 bits per heavy atom. The standard InChI is InChI=1S/C17H13F2NO2/c18-14-9-7-13(8-10-14)4-3-11-20-17(21)12-22-16-6-2-1-5-15(16)19/h1-2,5-10H,11-12H2,(H,20,21). The molecule has 0 spiro atoms. The summed E-state index contributed by atoms with van der Waals surface area (Å²) in [6.07, 6.45) is 0. The number of para-hydroxylation sites is 1. The lowest BCUT2D eigenvalue weighted by Crippen LogP contribution is -2.29. The predicted molar refractivity (Wildman–Crippen MR) is 78.2 cm³/mol. The number of halogens is 2. The summed E-state index contributed by atoms with van der Waals surface area (Å²) in [5, 5.41) is 2.52. The lowest BCUT2D eigenvalue weighted by molar-refractivity contribution is -0.122. The molecule has 5 heteroatoms. The first-order valence-electron chi connectivity index (χ1n) is 6.53. The van der Waals surface area contributed by atoms with Gasteiger partial charge in [0.1, 0.15) is 5.82 Å². The minimum atomic E-state index is -0.522. The van der Waals surface area contributed by atoms with Crippen LogP contribution in [0.1, 0.15) is 5.56 Å². The van der Waals surface area contributed by atoms with Crippen LogP contribution in [-0.4, -0.2) is 19.1 Å². The zero-order valence-corrected chi connectivity index (χ0v) is 11.6. The van der Waals surface area contributed by atoms with Gasteiger partial charge in [-0.1, -0.05) is 24.0 Å².